The number of hydrogen-bond acceptors (Lipinski definition) is 7. The molecule has 0 radical (unpaired) electrons. The molecule has 2 aromatic carbocycles. The highest BCUT2D eigenvalue weighted by molar-refractivity contribution is 7.99. The number of carbonyl (C=O) groups excluding carboxylic acids is 2. The van der Waals surface area contributed by atoms with E-state index < -0.39 is 11.9 Å². The van der Waals surface area contributed by atoms with E-state index >= 15 is 0 Å². The molecule has 0 bridgehead atoms. The maximum absolute atomic E-state index is 9.41. The lowest BCUT2D eigenvalue weighted by atomic mass is 9.96. The van der Waals surface area contributed by atoms with Gasteiger partial charge in [-0.1, -0.05) is 41.6 Å². The molecule has 2 aliphatic rings. The van der Waals surface area contributed by atoms with Gasteiger partial charge in [0.1, 0.15) is 0 Å². The first-order valence-electron chi connectivity index (χ1n) is 9.91. The van der Waals surface area contributed by atoms with E-state index in [1.807, 2.05) is 17.8 Å². The smallest absolute Gasteiger partial charge is 0.0643 e. The molecule has 1 atom stereocenters. The number of likely N-dealkylation sites (N-methyl/N-ethyl adjacent to an activating group) is 1. The number of fused-ring (bicyclic) bond motifs is 2. The van der Waals surface area contributed by atoms with Crippen LogP contribution in [0.15, 0.2) is 64.4 Å². The third kappa shape index (κ3) is 6.58. The number of carboxylic acids is 2. The van der Waals surface area contributed by atoms with Gasteiger partial charge in [-0.25, -0.2) is 0 Å². The van der Waals surface area contributed by atoms with Crippen LogP contribution in [0.3, 0.4) is 0 Å². The third-order valence-electron chi connectivity index (χ3n) is 5.27. The van der Waals surface area contributed by atoms with Crippen molar-refractivity contribution in [1.29, 1.82) is 0 Å². The number of halogens is 1. The Balaban J connectivity index is 0.000000293. The summed E-state index contributed by atoms with van der Waals surface area (Å²) in [5, 5.41) is 19.7. The number of piperazine rings is 1. The van der Waals surface area contributed by atoms with Gasteiger partial charge in [0, 0.05) is 47.0 Å². The summed E-state index contributed by atoms with van der Waals surface area (Å²) in [6.45, 7) is 4.53. The second-order valence-electron chi connectivity index (χ2n) is 7.42. The molecule has 1 fully saturated rings. The van der Waals surface area contributed by atoms with Crippen molar-refractivity contribution in [3.8, 4) is 0 Å². The lowest BCUT2D eigenvalue weighted by Crippen LogP contribution is -2.46. The maximum Gasteiger partial charge on any atom is 0.0643 e. The molecule has 0 aliphatic carbocycles. The van der Waals surface area contributed by atoms with Gasteiger partial charge >= 0.3 is 0 Å². The summed E-state index contributed by atoms with van der Waals surface area (Å²) in [7, 11) is 2.21. The zero-order valence-electron chi connectivity index (χ0n) is 17.1. The fourth-order valence-corrected chi connectivity index (χ4v) is 4.97. The van der Waals surface area contributed by atoms with Crippen molar-refractivity contribution in [2.24, 2.45) is 0 Å². The lowest BCUT2D eigenvalue weighted by Gasteiger charge is -2.38. The number of carboxylic acid groups (broad SMARTS) is 2. The highest BCUT2D eigenvalue weighted by atomic mass is 35.5. The van der Waals surface area contributed by atoms with Crippen LogP contribution in [0.5, 0.6) is 0 Å². The topological polar surface area (TPSA) is 86.7 Å². The van der Waals surface area contributed by atoms with Crippen LogP contribution in [-0.2, 0) is 16.0 Å². The van der Waals surface area contributed by atoms with Gasteiger partial charge in [0.25, 0.3) is 0 Å². The summed E-state index contributed by atoms with van der Waals surface area (Å²) in [5.74, 6) is -3.09. The normalized spacial score (nSPS) is 19.0. The van der Waals surface area contributed by atoms with Gasteiger partial charge in [-0.05, 0) is 61.0 Å². The van der Waals surface area contributed by atoms with E-state index in [9.17, 15) is 19.8 Å². The van der Waals surface area contributed by atoms with Gasteiger partial charge in [-0.15, -0.1) is 0 Å². The average Bonchev–Trinajstić information content (AvgIpc) is 2.90. The van der Waals surface area contributed by atoms with Crippen molar-refractivity contribution in [3.05, 3.63) is 70.8 Å². The van der Waals surface area contributed by atoms with Crippen LogP contribution < -0.4 is 10.2 Å². The zero-order chi connectivity index (χ0) is 22.4. The largest absolute Gasteiger partial charge is 0.545 e. The molecule has 1 unspecified atom stereocenters. The number of aliphatic carboxylic acids is 2. The van der Waals surface area contributed by atoms with Crippen LogP contribution in [0.1, 0.15) is 17.2 Å². The van der Waals surface area contributed by atoms with E-state index in [1.165, 1.54) is 20.9 Å². The number of rotatable bonds is 3. The van der Waals surface area contributed by atoms with Gasteiger partial charge in [0.15, 0.2) is 0 Å². The van der Waals surface area contributed by atoms with Crippen molar-refractivity contribution >= 4 is 35.3 Å². The van der Waals surface area contributed by atoms with Crippen molar-refractivity contribution in [2.45, 2.75) is 22.3 Å². The molecule has 0 aromatic heterocycles. The molecule has 8 heteroatoms. The first kappa shape index (κ1) is 23.3. The maximum atomic E-state index is 9.41. The van der Waals surface area contributed by atoms with Gasteiger partial charge < -0.3 is 24.7 Å². The van der Waals surface area contributed by atoms with E-state index in [0.29, 0.717) is 18.2 Å². The lowest BCUT2D eigenvalue weighted by molar-refractivity contribution is -0.301. The molecule has 6 nitrogen and oxygen atoms in total. The van der Waals surface area contributed by atoms with E-state index in [2.05, 4.69) is 53.2 Å². The number of benzene rings is 2. The minimum absolute atomic E-state index is 0.384. The summed E-state index contributed by atoms with van der Waals surface area (Å²) < 4.78 is 0. The number of carbonyl (C=O) groups is 2. The van der Waals surface area contributed by atoms with Crippen LogP contribution >= 0.6 is 23.4 Å². The summed E-state index contributed by atoms with van der Waals surface area (Å²) in [6, 6.07) is 15.6. The minimum atomic E-state index is -1.55. The van der Waals surface area contributed by atoms with E-state index in [1.54, 1.807) is 0 Å². The fraction of sp³-hybridized carbons (Fsp3) is 0.304. The molecule has 2 heterocycles. The first-order valence-corrected chi connectivity index (χ1v) is 11.1. The predicted octanol–water partition coefficient (Wildman–Crippen LogP) is 1.38. The summed E-state index contributed by atoms with van der Waals surface area (Å²) in [4.78, 5) is 26.6. The third-order valence-corrected chi connectivity index (χ3v) is 6.72. The molecule has 1 saturated heterocycles. The van der Waals surface area contributed by atoms with E-state index in [0.717, 1.165) is 37.6 Å². The SMILES string of the molecule is CN1CCN(C2Cc3ccccc3Sc3ccc(Cl)cc32)CC1.O=C([O-])/C=C\C(=O)[O-]. The zero-order valence-corrected chi connectivity index (χ0v) is 18.7. The summed E-state index contributed by atoms with van der Waals surface area (Å²) in [6.07, 6.45) is 1.84. The van der Waals surface area contributed by atoms with Crippen LogP contribution in [0.2, 0.25) is 5.02 Å². The van der Waals surface area contributed by atoms with Crippen LogP contribution in [0, 0.1) is 0 Å². The second kappa shape index (κ2) is 10.8. The van der Waals surface area contributed by atoms with E-state index in [-0.39, 0.29) is 0 Å². The molecular formula is C23H23ClN2O4S-2. The Kier molecular flexibility index (Phi) is 8.15. The Morgan fingerprint density at radius 2 is 1.65 bits per heavy atom. The predicted molar refractivity (Wildman–Crippen MR) is 117 cm³/mol. The van der Waals surface area contributed by atoms with Crippen molar-refractivity contribution in [1.82, 2.24) is 9.80 Å². The molecule has 0 saturated carbocycles. The first-order chi connectivity index (χ1) is 14.8. The Bertz CT molecular complexity index is 958. The van der Waals surface area contributed by atoms with Gasteiger partial charge in [-0.3, -0.25) is 4.90 Å². The van der Waals surface area contributed by atoms with Crippen molar-refractivity contribution in [2.75, 3.05) is 33.2 Å². The fourth-order valence-electron chi connectivity index (χ4n) is 3.68. The van der Waals surface area contributed by atoms with Crippen molar-refractivity contribution in [3.63, 3.8) is 0 Å². The standard InChI is InChI=1S/C19H21ClN2S.C4H4O4/c1-21-8-10-22(11-9-21)17-12-14-4-2-3-5-18(14)23-19-7-6-15(20)13-16(17)19;5-3(6)1-2-4(7)8/h2-7,13,17H,8-12H2,1H3;1-2H,(H,5,6)(H,7,8)/p-2/b;2-1-. The van der Waals surface area contributed by atoms with Crippen molar-refractivity contribution < 1.29 is 19.8 Å². The van der Waals surface area contributed by atoms with Crippen LogP contribution in [0.4, 0.5) is 0 Å². The van der Waals surface area contributed by atoms with Gasteiger partial charge in [-0.2, -0.15) is 0 Å². The van der Waals surface area contributed by atoms with Gasteiger partial charge in [0.05, 0.1) is 11.9 Å². The molecule has 0 N–H and O–H groups in total. The highest BCUT2D eigenvalue weighted by Crippen LogP contribution is 2.43. The molecule has 2 aromatic rings. The average molecular weight is 459 g/mol. The molecule has 0 spiro atoms. The summed E-state index contributed by atoms with van der Waals surface area (Å²) >= 11 is 8.22. The van der Waals surface area contributed by atoms with Gasteiger partial charge in [0.2, 0.25) is 0 Å². The highest BCUT2D eigenvalue weighted by Gasteiger charge is 2.29. The quantitative estimate of drug-likeness (QED) is 0.642. The summed E-state index contributed by atoms with van der Waals surface area (Å²) in [5.41, 5.74) is 2.84. The Hall–Kier alpha value is -2.32. The molecule has 2 aliphatic heterocycles. The number of nitrogens with zero attached hydrogens (tertiary/aromatic N) is 2. The monoisotopic (exact) mass is 458 g/mol. The molecule has 31 heavy (non-hydrogen) atoms. The Labute approximate surface area is 191 Å². The molecular weight excluding hydrogens is 436 g/mol. The molecule has 4 rings (SSSR count). The van der Waals surface area contributed by atoms with E-state index in [4.69, 9.17) is 11.6 Å². The molecule has 0 amide bonds. The molecule has 164 valence electrons. The van der Waals surface area contributed by atoms with Crippen LogP contribution in [0.25, 0.3) is 0 Å². The Morgan fingerprint density at radius 3 is 2.29 bits per heavy atom. The second-order valence-corrected chi connectivity index (χ2v) is 8.94. The minimum Gasteiger partial charge on any atom is -0.545 e. The Morgan fingerprint density at radius 1 is 1.00 bits per heavy atom. The number of hydrogen-bond donors (Lipinski definition) is 0. The van der Waals surface area contributed by atoms with Crippen LogP contribution in [-0.4, -0.2) is 55.0 Å².